The summed E-state index contributed by atoms with van der Waals surface area (Å²) in [4.78, 5) is 30.0. The van der Waals surface area contributed by atoms with E-state index in [4.69, 9.17) is 14.3 Å². The van der Waals surface area contributed by atoms with Crippen molar-refractivity contribution < 1.29 is 23.9 Å². The molecule has 0 radical (unpaired) electrons. The van der Waals surface area contributed by atoms with Crippen LogP contribution in [0.2, 0.25) is 0 Å². The van der Waals surface area contributed by atoms with Crippen molar-refractivity contribution in [3.8, 4) is 0 Å². The lowest BCUT2D eigenvalue weighted by molar-refractivity contribution is -0.123. The number of ketones is 1. The Morgan fingerprint density at radius 2 is 2.24 bits per heavy atom. The minimum Gasteiger partial charge on any atom is -0.469 e. The maximum Gasteiger partial charge on any atom is 0.277 e. The lowest BCUT2D eigenvalue weighted by Gasteiger charge is -2.38. The van der Waals surface area contributed by atoms with E-state index in [9.17, 15) is 9.59 Å². The lowest BCUT2D eigenvalue weighted by atomic mass is 9.71. The van der Waals surface area contributed by atoms with Gasteiger partial charge < -0.3 is 9.47 Å². The van der Waals surface area contributed by atoms with E-state index < -0.39 is 5.60 Å². The van der Waals surface area contributed by atoms with Gasteiger partial charge in [-0.05, 0) is 49.3 Å². The minimum absolute atomic E-state index is 0.0579. The molecule has 1 aromatic carbocycles. The van der Waals surface area contributed by atoms with Crippen LogP contribution in [0.3, 0.4) is 0 Å². The Kier molecular flexibility index (Phi) is 6.24. The van der Waals surface area contributed by atoms with E-state index >= 15 is 0 Å². The van der Waals surface area contributed by atoms with Gasteiger partial charge in [-0.15, -0.1) is 6.58 Å². The van der Waals surface area contributed by atoms with Crippen LogP contribution >= 0.6 is 0 Å². The molecule has 0 saturated carbocycles. The molecule has 2 aliphatic rings. The second kappa shape index (κ2) is 8.51. The molecule has 1 amide bonds. The fraction of sp³-hybridized carbons (Fsp3) is 0.478. The highest BCUT2D eigenvalue weighted by Crippen LogP contribution is 2.46. The van der Waals surface area contributed by atoms with Crippen molar-refractivity contribution in [3.05, 3.63) is 59.4 Å². The number of hydrogen-bond donors (Lipinski definition) is 0. The molecule has 1 heterocycles. The van der Waals surface area contributed by atoms with Crippen LogP contribution in [0.1, 0.15) is 41.3 Å². The standard InChI is InChI=1S/C23H29NO5/c1-6-7-18-13-23(21(12-20(18)25)28-14-29-23)16(3)10-17-9-8-15(2)19(11-17)22(26)24(4)27-5/h6,8-9,11-12,16,18H,1,7,10,13-14H2,2-5H3/t16-,18-,23+/m0/s1. The highest BCUT2D eigenvalue weighted by atomic mass is 16.7. The van der Waals surface area contributed by atoms with Crippen molar-refractivity contribution in [1.82, 2.24) is 5.06 Å². The molecule has 29 heavy (non-hydrogen) atoms. The van der Waals surface area contributed by atoms with E-state index in [1.165, 1.54) is 12.2 Å². The number of ether oxygens (including phenoxy) is 2. The van der Waals surface area contributed by atoms with E-state index in [2.05, 4.69) is 13.5 Å². The van der Waals surface area contributed by atoms with Crippen LogP contribution in [0.15, 0.2) is 42.7 Å². The number of rotatable bonds is 7. The van der Waals surface area contributed by atoms with E-state index in [1.807, 2.05) is 25.1 Å². The number of fused-ring (bicyclic) bond motifs is 1. The summed E-state index contributed by atoms with van der Waals surface area (Å²) in [6.45, 7) is 7.94. The van der Waals surface area contributed by atoms with Gasteiger partial charge in [-0.2, -0.15) is 0 Å². The molecule has 0 aromatic heterocycles. The summed E-state index contributed by atoms with van der Waals surface area (Å²) in [5.41, 5.74) is 1.90. The zero-order valence-electron chi connectivity index (χ0n) is 17.6. The number of hydroxylamine groups is 2. The second-order valence-electron chi connectivity index (χ2n) is 7.87. The predicted octanol–water partition coefficient (Wildman–Crippen LogP) is 3.60. The van der Waals surface area contributed by atoms with Gasteiger partial charge in [0, 0.05) is 24.6 Å². The third-order valence-corrected chi connectivity index (χ3v) is 6.05. The van der Waals surface area contributed by atoms with Crippen molar-refractivity contribution in [2.75, 3.05) is 21.0 Å². The van der Waals surface area contributed by atoms with E-state index in [0.717, 1.165) is 11.1 Å². The molecule has 0 bridgehead atoms. The fourth-order valence-corrected chi connectivity index (χ4v) is 4.21. The molecule has 1 aliphatic heterocycles. The summed E-state index contributed by atoms with van der Waals surface area (Å²) in [5, 5.41) is 1.22. The van der Waals surface area contributed by atoms with Crippen molar-refractivity contribution in [3.63, 3.8) is 0 Å². The Morgan fingerprint density at radius 1 is 1.48 bits per heavy atom. The van der Waals surface area contributed by atoms with Crippen LogP contribution in [0.5, 0.6) is 0 Å². The third kappa shape index (κ3) is 4.00. The first kappa shape index (κ1) is 21.3. The molecular formula is C23H29NO5. The van der Waals surface area contributed by atoms with Gasteiger partial charge in [0.1, 0.15) is 11.4 Å². The zero-order chi connectivity index (χ0) is 21.2. The van der Waals surface area contributed by atoms with Gasteiger partial charge >= 0.3 is 0 Å². The van der Waals surface area contributed by atoms with Crippen molar-refractivity contribution in [2.45, 2.75) is 38.7 Å². The molecule has 6 nitrogen and oxygen atoms in total. The summed E-state index contributed by atoms with van der Waals surface area (Å²) in [5.74, 6) is 0.415. The first-order valence-electron chi connectivity index (χ1n) is 9.87. The molecule has 0 N–H and O–H groups in total. The molecule has 1 fully saturated rings. The largest absolute Gasteiger partial charge is 0.469 e. The van der Waals surface area contributed by atoms with Gasteiger partial charge in [0.15, 0.2) is 12.6 Å². The lowest BCUT2D eigenvalue weighted by Crippen LogP contribution is -2.44. The van der Waals surface area contributed by atoms with Crippen LogP contribution in [-0.4, -0.2) is 43.3 Å². The number of carbonyl (C=O) groups excluding carboxylic acids is 2. The predicted molar refractivity (Wildman–Crippen MR) is 109 cm³/mol. The molecule has 1 saturated heterocycles. The number of nitrogens with zero attached hydrogens (tertiary/aromatic N) is 1. The summed E-state index contributed by atoms with van der Waals surface area (Å²) in [6.07, 6.45) is 5.26. The SMILES string of the molecule is C=CC[C@H]1C[C@]2([C@@H](C)Cc3ccc(C)c(C(=O)N(C)OC)c3)OCOC2=CC1=O. The summed E-state index contributed by atoms with van der Waals surface area (Å²) < 4.78 is 11.7. The molecule has 3 rings (SSSR count). The van der Waals surface area contributed by atoms with Crippen molar-refractivity contribution in [1.29, 1.82) is 0 Å². The number of amides is 1. The third-order valence-electron chi connectivity index (χ3n) is 6.05. The summed E-state index contributed by atoms with van der Waals surface area (Å²) >= 11 is 0. The smallest absolute Gasteiger partial charge is 0.277 e. The molecule has 0 spiro atoms. The molecule has 6 heteroatoms. The Bertz CT molecular complexity index is 846. The van der Waals surface area contributed by atoms with Gasteiger partial charge in [-0.1, -0.05) is 25.1 Å². The first-order valence-corrected chi connectivity index (χ1v) is 9.87. The first-order chi connectivity index (χ1) is 13.8. The number of hydrogen-bond acceptors (Lipinski definition) is 5. The number of aryl methyl sites for hydroxylation is 1. The Hall–Kier alpha value is -2.44. The van der Waals surface area contributed by atoms with Crippen LogP contribution in [0, 0.1) is 18.8 Å². The van der Waals surface area contributed by atoms with Crippen molar-refractivity contribution >= 4 is 11.7 Å². The van der Waals surface area contributed by atoms with Crippen LogP contribution in [0.25, 0.3) is 0 Å². The van der Waals surface area contributed by atoms with Crippen LogP contribution < -0.4 is 0 Å². The molecular weight excluding hydrogens is 370 g/mol. The van der Waals surface area contributed by atoms with Crippen LogP contribution in [-0.2, 0) is 25.5 Å². The molecule has 1 aromatic rings. The van der Waals surface area contributed by atoms with Gasteiger partial charge in [0.05, 0.1) is 7.11 Å². The zero-order valence-corrected chi connectivity index (χ0v) is 17.6. The van der Waals surface area contributed by atoms with E-state index in [1.54, 1.807) is 19.2 Å². The van der Waals surface area contributed by atoms with Gasteiger partial charge in [0.2, 0.25) is 0 Å². The minimum atomic E-state index is -0.625. The molecule has 3 atom stereocenters. The Balaban J connectivity index is 1.87. The average molecular weight is 399 g/mol. The number of carbonyl (C=O) groups is 2. The maximum absolute atomic E-state index is 12.6. The number of benzene rings is 1. The Labute approximate surface area is 172 Å². The van der Waals surface area contributed by atoms with Crippen molar-refractivity contribution in [2.24, 2.45) is 11.8 Å². The quantitative estimate of drug-likeness (QED) is 0.518. The maximum atomic E-state index is 12.6. The average Bonchev–Trinajstić information content (AvgIpc) is 3.12. The van der Waals surface area contributed by atoms with E-state index in [-0.39, 0.29) is 30.3 Å². The normalized spacial score (nSPS) is 24.3. The van der Waals surface area contributed by atoms with E-state index in [0.29, 0.717) is 30.6 Å². The molecule has 1 aliphatic carbocycles. The van der Waals surface area contributed by atoms with Gasteiger partial charge in [-0.25, -0.2) is 5.06 Å². The highest BCUT2D eigenvalue weighted by molar-refractivity contribution is 5.95. The summed E-state index contributed by atoms with van der Waals surface area (Å²) in [6, 6.07) is 5.89. The fourth-order valence-electron chi connectivity index (χ4n) is 4.21. The summed E-state index contributed by atoms with van der Waals surface area (Å²) in [7, 11) is 3.06. The second-order valence-corrected chi connectivity index (χ2v) is 7.87. The molecule has 0 unspecified atom stereocenters. The molecule has 156 valence electrons. The topological polar surface area (TPSA) is 65.1 Å². The van der Waals surface area contributed by atoms with Crippen LogP contribution in [0.4, 0.5) is 0 Å². The number of allylic oxidation sites excluding steroid dienone is 2. The van der Waals surface area contributed by atoms with Gasteiger partial charge in [0.25, 0.3) is 5.91 Å². The monoisotopic (exact) mass is 399 g/mol. The highest BCUT2D eigenvalue weighted by Gasteiger charge is 2.51. The van der Waals surface area contributed by atoms with Gasteiger partial charge in [-0.3, -0.25) is 14.4 Å². The Morgan fingerprint density at radius 3 is 2.93 bits per heavy atom.